The summed E-state index contributed by atoms with van der Waals surface area (Å²) < 4.78 is 3.14. The van der Waals surface area contributed by atoms with E-state index in [9.17, 15) is 14.9 Å². The molecule has 152 valence electrons. The van der Waals surface area contributed by atoms with Crippen molar-refractivity contribution in [1.82, 2.24) is 9.36 Å². The minimum atomic E-state index is -0.625. The van der Waals surface area contributed by atoms with Gasteiger partial charge in [0.05, 0.1) is 11.4 Å². The third kappa shape index (κ3) is 4.03. The van der Waals surface area contributed by atoms with Gasteiger partial charge in [0.1, 0.15) is 17.3 Å². The fourth-order valence-electron chi connectivity index (χ4n) is 3.08. The molecule has 1 aromatic heterocycles. The third-order valence-corrected chi connectivity index (χ3v) is 4.88. The lowest BCUT2D eigenvalue weighted by Gasteiger charge is -2.11. The standard InChI is InChI=1S/C23H23N5O2/c1-16-21(23(30)28(27(16)4)20-8-6-5-7-9-20)25-22(29)18(15-24)14-17-10-12-19(13-11-17)26(2)3/h5-14H,1-4H3,(H,25,29). The van der Waals surface area contributed by atoms with E-state index in [0.717, 1.165) is 11.3 Å². The molecule has 30 heavy (non-hydrogen) atoms. The predicted molar refractivity (Wildman–Crippen MR) is 119 cm³/mol. The highest BCUT2D eigenvalue weighted by atomic mass is 16.2. The van der Waals surface area contributed by atoms with E-state index in [2.05, 4.69) is 5.32 Å². The van der Waals surface area contributed by atoms with Crippen molar-refractivity contribution in [1.29, 1.82) is 5.26 Å². The molecule has 1 N–H and O–H groups in total. The Morgan fingerprint density at radius 3 is 2.30 bits per heavy atom. The van der Waals surface area contributed by atoms with Gasteiger partial charge in [0, 0.05) is 26.8 Å². The first kappa shape index (κ1) is 20.7. The molecule has 0 radical (unpaired) electrons. The highest BCUT2D eigenvalue weighted by molar-refractivity contribution is 6.09. The monoisotopic (exact) mass is 401 g/mol. The van der Waals surface area contributed by atoms with Crippen LogP contribution in [-0.4, -0.2) is 29.4 Å². The maximum absolute atomic E-state index is 12.9. The number of para-hydroxylation sites is 1. The van der Waals surface area contributed by atoms with Crippen LogP contribution in [0.5, 0.6) is 0 Å². The van der Waals surface area contributed by atoms with Crippen LogP contribution in [-0.2, 0) is 11.8 Å². The zero-order valence-electron chi connectivity index (χ0n) is 17.4. The van der Waals surface area contributed by atoms with Gasteiger partial charge in [0.25, 0.3) is 11.5 Å². The van der Waals surface area contributed by atoms with E-state index in [-0.39, 0.29) is 16.8 Å². The summed E-state index contributed by atoms with van der Waals surface area (Å²) in [5, 5.41) is 12.1. The van der Waals surface area contributed by atoms with Gasteiger partial charge in [-0.25, -0.2) is 4.68 Å². The molecule has 1 heterocycles. The van der Waals surface area contributed by atoms with Crippen molar-refractivity contribution in [3.63, 3.8) is 0 Å². The Hall–Kier alpha value is -4.05. The third-order valence-electron chi connectivity index (χ3n) is 4.88. The summed E-state index contributed by atoms with van der Waals surface area (Å²) in [6.07, 6.45) is 1.50. The predicted octanol–water partition coefficient (Wildman–Crippen LogP) is 3.10. The zero-order valence-corrected chi connectivity index (χ0v) is 17.4. The highest BCUT2D eigenvalue weighted by Gasteiger charge is 2.19. The summed E-state index contributed by atoms with van der Waals surface area (Å²) in [6, 6.07) is 18.5. The Morgan fingerprint density at radius 2 is 1.73 bits per heavy atom. The Morgan fingerprint density at radius 1 is 1.10 bits per heavy atom. The van der Waals surface area contributed by atoms with Crippen molar-refractivity contribution in [2.75, 3.05) is 24.3 Å². The van der Waals surface area contributed by atoms with Crippen molar-refractivity contribution in [3.8, 4) is 11.8 Å². The van der Waals surface area contributed by atoms with Gasteiger partial charge in [-0.05, 0) is 42.8 Å². The molecule has 1 amide bonds. The van der Waals surface area contributed by atoms with Gasteiger partial charge in [-0.3, -0.25) is 14.3 Å². The molecule has 0 saturated carbocycles. The summed E-state index contributed by atoms with van der Waals surface area (Å²) >= 11 is 0. The van der Waals surface area contributed by atoms with Gasteiger partial charge >= 0.3 is 0 Å². The van der Waals surface area contributed by atoms with E-state index in [1.54, 1.807) is 18.7 Å². The van der Waals surface area contributed by atoms with Crippen molar-refractivity contribution >= 4 is 23.4 Å². The number of anilines is 2. The van der Waals surface area contributed by atoms with Crippen LogP contribution in [0.4, 0.5) is 11.4 Å². The molecule has 0 unspecified atom stereocenters. The van der Waals surface area contributed by atoms with E-state index in [0.29, 0.717) is 11.4 Å². The minimum absolute atomic E-state index is 0.0819. The van der Waals surface area contributed by atoms with Crippen LogP contribution in [0, 0.1) is 18.3 Å². The van der Waals surface area contributed by atoms with Crippen molar-refractivity contribution < 1.29 is 4.79 Å². The molecular formula is C23H23N5O2. The molecule has 2 aromatic carbocycles. The van der Waals surface area contributed by atoms with E-state index in [4.69, 9.17) is 0 Å². The van der Waals surface area contributed by atoms with Crippen molar-refractivity contribution in [2.24, 2.45) is 7.05 Å². The molecule has 0 aliphatic rings. The van der Waals surface area contributed by atoms with Gasteiger partial charge in [0.2, 0.25) is 0 Å². The van der Waals surface area contributed by atoms with Crippen LogP contribution < -0.4 is 15.8 Å². The van der Waals surface area contributed by atoms with Gasteiger partial charge in [-0.15, -0.1) is 0 Å². The van der Waals surface area contributed by atoms with Crippen LogP contribution in [0.2, 0.25) is 0 Å². The minimum Gasteiger partial charge on any atom is -0.378 e. The number of carbonyl (C=O) groups is 1. The van der Waals surface area contributed by atoms with E-state index >= 15 is 0 Å². The summed E-state index contributed by atoms with van der Waals surface area (Å²) in [5.74, 6) is -0.625. The largest absolute Gasteiger partial charge is 0.378 e. The highest BCUT2D eigenvalue weighted by Crippen LogP contribution is 2.17. The molecular weight excluding hydrogens is 378 g/mol. The van der Waals surface area contributed by atoms with Crippen LogP contribution in [0.3, 0.4) is 0 Å². The van der Waals surface area contributed by atoms with Gasteiger partial charge < -0.3 is 10.2 Å². The average Bonchev–Trinajstić information content (AvgIpc) is 2.96. The van der Waals surface area contributed by atoms with E-state index in [1.165, 1.54) is 10.8 Å². The molecule has 0 bridgehead atoms. The second-order valence-corrected chi connectivity index (χ2v) is 7.05. The number of nitrogens with one attached hydrogen (secondary N) is 1. The topological polar surface area (TPSA) is 83.1 Å². The second-order valence-electron chi connectivity index (χ2n) is 7.05. The second kappa shape index (κ2) is 8.53. The zero-order chi connectivity index (χ0) is 21.8. The van der Waals surface area contributed by atoms with E-state index < -0.39 is 5.91 Å². The molecule has 7 heteroatoms. The van der Waals surface area contributed by atoms with Crippen LogP contribution in [0.1, 0.15) is 11.3 Å². The SMILES string of the molecule is Cc1c(NC(=O)C(C#N)=Cc2ccc(N(C)C)cc2)c(=O)n(-c2ccccc2)n1C. The Kier molecular flexibility index (Phi) is 5.88. The van der Waals surface area contributed by atoms with Gasteiger partial charge in [-0.1, -0.05) is 30.3 Å². The maximum Gasteiger partial charge on any atom is 0.295 e. The fourth-order valence-corrected chi connectivity index (χ4v) is 3.08. The quantitative estimate of drug-likeness (QED) is 0.526. The van der Waals surface area contributed by atoms with Crippen molar-refractivity contribution in [2.45, 2.75) is 6.92 Å². The molecule has 0 aliphatic heterocycles. The molecule has 0 atom stereocenters. The molecule has 0 spiro atoms. The smallest absolute Gasteiger partial charge is 0.295 e. The lowest BCUT2D eigenvalue weighted by Crippen LogP contribution is -2.23. The molecule has 0 saturated heterocycles. The Balaban J connectivity index is 1.91. The normalized spacial score (nSPS) is 11.1. The Labute approximate surface area is 175 Å². The molecule has 0 aliphatic carbocycles. The molecule has 0 fully saturated rings. The lowest BCUT2D eigenvalue weighted by atomic mass is 10.1. The number of nitrogens with zero attached hydrogens (tertiary/aromatic N) is 4. The number of aromatic nitrogens is 2. The van der Waals surface area contributed by atoms with Crippen LogP contribution >= 0.6 is 0 Å². The maximum atomic E-state index is 12.9. The van der Waals surface area contributed by atoms with E-state index in [1.807, 2.05) is 79.7 Å². The van der Waals surface area contributed by atoms with Gasteiger partial charge in [0.15, 0.2) is 0 Å². The number of carbonyl (C=O) groups excluding carboxylic acids is 1. The number of hydrogen-bond acceptors (Lipinski definition) is 4. The van der Waals surface area contributed by atoms with Crippen LogP contribution in [0.25, 0.3) is 11.8 Å². The molecule has 7 nitrogen and oxygen atoms in total. The average molecular weight is 401 g/mol. The summed E-state index contributed by atoms with van der Waals surface area (Å²) in [7, 11) is 5.61. The summed E-state index contributed by atoms with van der Waals surface area (Å²) in [5.41, 5.74) is 2.71. The van der Waals surface area contributed by atoms with Gasteiger partial charge in [-0.2, -0.15) is 5.26 Å². The van der Waals surface area contributed by atoms with Crippen molar-refractivity contribution in [3.05, 3.63) is 81.8 Å². The number of amides is 1. The fraction of sp³-hybridized carbons (Fsp3) is 0.174. The number of rotatable bonds is 5. The number of nitriles is 1. The first-order valence-electron chi connectivity index (χ1n) is 9.38. The lowest BCUT2D eigenvalue weighted by molar-refractivity contribution is -0.112. The summed E-state index contributed by atoms with van der Waals surface area (Å²) in [6.45, 7) is 1.74. The van der Waals surface area contributed by atoms with Crippen LogP contribution in [0.15, 0.2) is 65.0 Å². The molecule has 3 aromatic rings. The molecule has 3 rings (SSSR count). The Bertz CT molecular complexity index is 1190. The first-order chi connectivity index (χ1) is 14.3. The summed E-state index contributed by atoms with van der Waals surface area (Å²) in [4.78, 5) is 27.6. The number of hydrogen-bond donors (Lipinski definition) is 1. The number of benzene rings is 2. The first-order valence-corrected chi connectivity index (χ1v) is 9.38.